The third-order valence-corrected chi connectivity index (χ3v) is 4.44. The first-order chi connectivity index (χ1) is 14.1. The molecule has 0 fully saturated rings. The number of esters is 1. The van der Waals surface area contributed by atoms with Gasteiger partial charge < -0.3 is 14.8 Å². The van der Waals surface area contributed by atoms with E-state index in [0.29, 0.717) is 22.6 Å². The fraction of sp³-hybridized carbons (Fsp3) is 0.167. The largest absolute Gasteiger partial charge is 0.496 e. The standard InChI is InChI=1S/C24H23NO4/c1-17-12-14-20(15-13-17)25-24(27)23(18-8-4-3-5-9-18)29-22(26)16-19-10-6-7-11-21(19)28-2/h3-15,23H,16H2,1-2H3,(H,25,27). The molecule has 0 aliphatic heterocycles. The summed E-state index contributed by atoms with van der Waals surface area (Å²) >= 11 is 0. The van der Waals surface area contributed by atoms with Crippen molar-refractivity contribution >= 4 is 17.6 Å². The van der Waals surface area contributed by atoms with Gasteiger partial charge in [-0.15, -0.1) is 0 Å². The lowest BCUT2D eigenvalue weighted by Crippen LogP contribution is -2.26. The number of hydrogen-bond donors (Lipinski definition) is 1. The van der Waals surface area contributed by atoms with E-state index in [0.717, 1.165) is 5.56 Å². The Bertz CT molecular complexity index is 968. The molecule has 0 radical (unpaired) electrons. The van der Waals surface area contributed by atoms with Gasteiger partial charge >= 0.3 is 5.97 Å². The van der Waals surface area contributed by atoms with Crippen molar-refractivity contribution in [3.63, 3.8) is 0 Å². The highest BCUT2D eigenvalue weighted by Crippen LogP contribution is 2.23. The zero-order valence-electron chi connectivity index (χ0n) is 16.4. The number of methoxy groups -OCH3 is 1. The number of hydrogen-bond acceptors (Lipinski definition) is 4. The normalized spacial score (nSPS) is 11.4. The summed E-state index contributed by atoms with van der Waals surface area (Å²) in [6, 6.07) is 23.6. The summed E-state index contributed by atoms with van der Waals surface area (Å²) in [4.78, 5) is 25.5. The quantitative estimate of drug-likeness (QED) is 0.606. The Morgan fingerprint density at radius 3 is 2.24 bits per heavy atom. The molecule has 5 nitrogen and oxygen atoms in total. The molecule has 0 aliphatic carbocycles. The van der Waals surface area contributed by atoms with Crippen LogP contribution < -0.4 is 10.1 Å². The van der Waals surface area contributed by atoms with Crippen molar-refractivity contribution in [1.29, 1.82) is 0 Å². The molecule has 1 amide bonds. The van der Waals surface area contributed by atoms with E-state index in [1.165, 1.54) is 0 Å². The molecule has 148 valence electrons. The lowest BCUT2D eigenvalue weighted by atomic mass is 10.1. The smallest absolute Gasteiger partial charge is 0.311 e. The van der Waals surface area contributed by atoms with Gasteiger partial charge in [-0.05, 0) is 25.1 Å². The second kappa shape index (κ2) is 9.55. The minimum atomic E-state index is -1.06. The maximum atomic E-state index is 12.9. The molecule has 0 bridgehead atoms. The minimum absolute atomic E-state index is 0.00512. The van der Waals surface area contributed by atoms with Crippen LogP contribution in [-0.4, -0.2) is 19.0 Å². The number of benzene rings is 3. The van der Waals surface area contributed by atoms with Crippen molar-refractivity contribution in [2.75, 3.05) is 12.4 Å². The van der Waals surface area contributed by atoms with Crippen LogP contribution in [0, 0.1) is 6.92 Å². The Labute approximate surface area is 170 Å². The van der Waals surface area contributed by atoms with Crippen molar-refractivity contribution in [1.82, 2.24) is 0 Å². The number of carbonyl (C=O) groups is 2. The van der Waals surface area contributed by atoms with Gasteiger partial charge in [0.1, 0.15) is 5.75 Å². The highest BCUT2D eigenvalue weighted by Gasteiger charge is 2.25. The lowest BCUT2D eigenvalue weighted by Gasteiger charge is -2.18. The minimum Gasteiger partial charge on any atom is -0.496 e. The topological polar surface area (TPSA) is 64.6 Å². The molecular formula is C24H23NO4. The van der Waals surface area contributed by atoms with Crippen LogP contribution in [0.5, 0.6) is 5.75 Å². The van der Waals surface area contributed by atoms with E-state index in [1.807, 2.05) is 49.4 Å². The first-order valence-electron chi connectivity index (χ1n) is 9.30. The number of rotatable bonds is 7. The Kier molecular flexibility index (Phi) is 6.63. The SMILES string of the molecule is COc1ccccc1CC(=O)OC(C(=O)Nc1ccc(C)cc1)c1ccccc1. The number of para-hydroxylation sites is 1. The van der Waals surface area contributed by atoms with Gasteiger partial charge in [0.05, 0.1) is 13.5 Å². The number of ether oxygens (including phenoxy) is 2. The number of anilines is 1. The summed E-state index contributed by atoms with van der Waals surface area (Å²) < 4.78 is 10.9. The van der Waals surface area contributed by atoms with E-state index < -0.39 is 18.0 Å². The fourth-order valence-corrected chi connectivity index (χ4v) is 2.92. The molecule has 1 atom stereocenters. The van der Waals surface area contributed by atoms with Gasteiger partial charge in [0.15, 0.2) is 0 Å². The predicted molar refractivity (Wildman–Crippen MR) is 112 cm³/mol. The molecule has 1 unspecified atom stereocenters. The third kappa shape index (κ3) is 5.45. The summed E-state index contributed by atoms with van der Waals surface area (Å²) in [6.45, 7) is 1.97. The van der Waals surface area contributed by atoms with Crippen molar-refractivity contribution < 1.29 is 19.1 Å². The van der Waals surface area contributed by atoms with E-state index in [2.05, 4.69) is 5.32 Å². The zero-order valence-corrected chi connectivity index (χ0v) is 16.4. The van der Waals surface area contributed by atoms with Crippen molar-refractivity contribution in [3.8, 4) is 5.75 Å². The Hall–Kier alpha value is -3.60. The van der Waals surface area contributed by atoms with E-state index >= 15 is 0 Å². The van der Waals surface area contributed by atoms with Crippen LogP contribution in [0.4, 0.5) is 5.69 Å². The average Bonchev–Trinajstić information content (AvgIpc) is 2.74. The first kappa shape index (κ1) is 20.1. The second-order valence-corrected chi connectivity index (χ2v) is 6.62. The van der Waals surface area contributed by atoms with Gasteiger partial charge in [-0.3, -0.25) is 9.59 Å². The molecule has 3 rings (SSSR count). The summed E-state index contributed by atoms with van der Waals surface area (Å²) in [5.41, 5.74) is 3.03. The number of amides is 1. The first-order valence-corrected chi connectivity index (χ1v) is 9.30. The molecule has 1 N–H and O–H groups in total. The van der Waals surface area contributed by atoms with Gasteiger partial charge in [0.25, 0.3) is 5.91 Å². The molecule has 5 heteroatoms. The summed E-state index contributed by atoms with van der Waals surface area (Å²) in [7, 11) is 1.55. The van der Waals surface area contributed by atoms with Gasteiger partial charge in [-0.2, -0.15) is 0 Å². The fourth-order valence-electron chi connectivity index (χ4n) is 2.92. The maximum absolute atomic E-state index is 12.9. The highest BCUT2D eigenvalue weighted by molar-refractivity contribution is 5.96. The second-order valence-electron chi connectivity index (χ2n) is 6.62. The third-order valence-electron chi connectivity index (χ3n) is 4.44. The van der Waals surface area contributed by atoms with Gasteiger partial charge in [-0.25, -0.2) is 0 Å². The Balaban J connectivity index is 1.77. The Morgan fingerprint density at radius 1 is 0.897 bits per heavy atom. The number of aryl methyl sites for hydroxylation is 1. The van der Waals surface area contributed by atoms with E-state index in [4.69, 9.17) is 9.47 Å². The molecule has 0 aromatic heterocycles. The highest BCUT2D eigenvalue weighted by atomic mass is 16.5. The van der Waals surface area contributed by atoms with Crippen molar-refractivity contribution in [2.45, 2.75) is 19.4 Å². The molecule has 3 aromatic rings. The molecule has 0 heterocycles. The molecule has 0 spiro atoms. The van der Waals surface area contributed by atoms with Crippen LogP contribution in [-0.2, 0) is 20.7 Å². The van der Waals surface area contributed by atoms with Gasteiger partial charge in [0, 0.05) is 16.8 Å². The molecule has 3 aromatic carbocycles. The van der Waals surface area contributed by atoms with Gasteiger partial charge in [0.2, 0.25) is 6.10 Å². The van der Waals surface area contributed by atoms with Crippen molar-refractivity contribution in [3.05, 3.63) is 95.6 Å². The molecule has 0 saturated heterocycles. The molecule has 0 saturated carbocycles. The van der Waals surface area contributed by atoms with Crippen LogP contribution in [0.2, 0.25) is 0 Å². The summed E-state index contributed by atoms with van der Waals surface area (Å²) in [6.07, 6.45) is -1.05. The van der Waals surface area contributed by atoms with Crippen LogP contribution >= 0.6 is 0 Å². The predicted octanol–water partition coefficient (Wildman–Crippen LogP) is 4.47. The maximum Gasteiger partial charge on any atom is 0.311 e. The average molecular weight is 389 g/mol. The van der Waals surface area contributed by atoms with E-state index in [-0.39, 0.29) is 6.42 Å². The van der Waals surface area contributed by atoms with Crippen LogP contribution in [0.25, 0.3) is 0 Å². The molecule has 29 heavy (non-hydrogen) atoms. The van der Waals surface area contributed by atoms with E-state index in [1.54, 1.807) is 43.5 Å². The molecule has 0 aliphatic rings. The van der Waals surface area contributed by atoms with Crippen LogP contribution in [0.1, 0.15) is 22.8 Å². The van der Waals surface area contributed by atoms with Gasteiger partial charge in [-0.1, -0.05) is 66.2 Å². The summed E-state index contributed by atoms with van der Waals surface area (Å²) in [5.74, 6) is -0.319. The number of carbonyl (C=O) groups excluding carboxylic acids is 2. The number of nitrogens with one attached hydrogen (secondary N) is 1. The summed E-state index contributed by atoms with van der Waals surface area (Å²) in [5, 5.41) is 2.82. The van der Waals surface area contributed by atoms with Crippen LogP contribution in [0.15, 0.2) is 78.9 Å². The monoisotopic (exact) mass is 389 g/mol. The zero-order chi connectivity index (χ0) is 20.6. The van der Waals surface area contributed by atoms with Crippen LogP contribution in [0.3, 0.4) is 0 Å². The lowest BCUT2D eigenvalue weighted by molar-refractivity contribution is -0.154. The molecular weight excluding hydrogens is 366 g/mol. The van der Waals surface area contributed by atoms with E-state index in [9.17, 15) is 9.59 Å². The van der Waals surface area contributed by atoms with Crippen molar-refractivity contribution in [2.24, 2.45) is 0 Å². The Morgan fingerprint density at radius 2 is 1.55 bits per heavy atom.